The zero-order chi connectivity index (χ0) is 11.2. The molecule has 86 valence electrons. The van der Waals surface area contributed by atoms with Gasteiger partial charge in [0, 0.05) is 6.54 Å². The average molecular weight is 226 g/mol. The van der Waals surface area contributed by atoms with Crippen LogP contribution in [0, 0.1) is 0 Å². The molecule has 14 heavy (non-hydrogen) atoms. The van der Waals surface area contributed by atoms with Crippen molar-refractivity contribution in [1.82, 2.24) is 4.90 Å². The van der Waals surface area contributed by atoms with Gasteiger partial charge in [0.15, 0.2) is 0 Å². The van der Waals surface area contributed by atoms with Crippen molar-refractivity contribution in [2.75, 3.05) is 32.4 Å². The Bertz CT molecular complexity index is 242. The van der Waals surface area contributed by atoms with Crippen LogP contribution in [0.2, 0.25) is 0 Å². The fourth-order valence-corrected chi connectivity index (χ4v) is 1.70. The van der Waals surface area contributed by atoms with Gasteiger partial charge in [-0.3, -0.25) is 4.55 Å². The van der Waals surface area contributed by atoms with Crippen molar-refractivity contribution < 1.29 is 18.1 Å². The topological polar surface area (TPSA) is 104 Å². The molecule has 6 nitrogen and oxygen atoms in total. The monoisotopic (exact) mass is 226 g/mol. The maximum atomic E-state index is 10.4. The Kier molecular flexibility index (Phi) is 6.21. The van der Waals surface area contributed by atoms with E-state index in [0.29, 0.717) is 13.1 Å². The molecule has 0 heterocycles. The minimum Gasteiger partial charge on any atom is -0.391 e. The lowest BCUT2D eigenvalue weighted by Gasteiger charge is -2.19. The second kappa shape index (κ2) is 6.31. The van der Waals surface area contributed by atoms with Crippen LogP contribution in [0.3, 0.4) is 0 Å². The predicted molar refractivity (Wildman–Crippen MR) is 53.6 cm³/mol. The first-order valence-electron chi connectivity index (χ1n) is 4.37. The number of likely N-dealkylation sites (N-methyl/N-ethyl adjacent to an activating group) is 1. The fourth-order valence-electron chi connectivity index (χ4n) is 1.11. The molecular weight excluding hydrogens is 208 g/mol. The highest BCUT2D eigenvalue weighted by molar-refractivity contribution is 7.85. The molecule has 0 amide bonds. The summed E-state index contributed by atoms with van der Waals surface area (Å²) < 4.78 is 29.2. The third kappa shape index (κ3) is 8.39. The Morgan fingerprint density at radius 1 is 1.50 bits per heavy atom. The van der Waals surface area contributed by atoms with Crippen molar-refractivity contribution in [3.8, 4) is 0 Å². The third-order valence-electron chi connectivity index (χ3n) is 1.67. The Morgan fingerprint density at radius 3 is 2.50 bits per heavy atom. The molecule has 0 bridgehead atoms. The number of rotatable bonds is 7. The molecule has 0 spiro atoms. The zero-order valence-corrected chi connectivity index (χ0v) is 9.07. The van der Waals surface area contributed by atoms with E-state index < -0.39 is 22.0 Å². The van der Waals surface area contributed by atoms with Gasteiger partial charge in [-0.1, -0.05) is 0 Å². The van der Waals surface area contributed by atoms with Crippen LogP contribution in [0.15, 0.2) is 0 Å². The molecule has 0 radical (unpaired) electrons. The second-order valence-electron chi connectivity index (χ2n) is 3.31. The predicted octanol–water partition coefficient (Wildman–Crippen LogP) is -1.48. The van der Waals surface area contributed by atoms with Gasteiger partial charge in [-0.15, -0.1) is 0 Å². The number of nitrogens with two attached hydrogens (primary N) is 1. The van der Waals surface area contributed by atoms with Gasteiger partial charge in [0.2, 0.25) is 0 Å². The maximum absolute atomic E-state index is 10.4. The molecule has 0 aliphatic rings. The van der Waals surface area contributed by atoms with Crippen LogP contribution in [0.1, 0.15) is 6.42 Å². The molecular formula is C7H18N2O4S. The molecule has 1 atom stereocenters. The van der Waals surface area contributed by atoms with Gasteiger partial charge in [-0.2, -0.15) is 8.42 Å². The standard InChI is InChI=1S/C7H18N2O4S/c1-9(4-2-3-8)5-7(10)6-14(11,12)13/h7,10H,2-6,8H2,1H3,(H,11,12,13). The Hall–Kier alpha value is -0.210. The van der Waals surface area contributed by atoms with Gasteiger partial charge >= 0.3 is 0 Å². The van der Waals surface area contributed by atoms with E-state index in [1.54, 1.807) is 11.9 Å². The quantitative estimate of drug-likeness (QED) is 0.457. The van der Waals surface area contributed by atoms with Crippen LogP contribution in [0.4, 0.5) is 0 Å². The van der Waals surface area contributed by atoms with Crippen LogP contribution >= 0.6 is 0 Å². The molecule has 0 aromatic rings. The van der Waals surface area contributed by atoms with E-state index in [2.05, 4.69) is 0 Å². The van der Waals surface area contributed by atoms with Crippen molar-refractivity contribution in [1.29, 1.82) is 0 Å². The van der Waals surface area contributed by atoms with Crippen LogP contribution in [0.5, 0.6) is 0 Å². The Morgan fingerprint density at radius 2 is 2.07 bits per heavy atom. The first-order valence-corrected chi connectivity index (χ1v) is 5.98. The van der Waals surface area contributed by atoms with Crippen molar-refractivity contribution in [3.05, 3.63) is 0 Å². The largest absolute Gasteiger partial charge is 0.391 e. The summed E-state index contributed by atoms with van der Waals surface area (Å²) in [5, 5.41) is 9.24. The van der Waals surface area contributed by atoms with Crippen molar-refractivity contribution in [2.45, 2.75) is 12.5 Å². The fraction of sp³-hybridized carbons (Fsp3) is 1.00. The van der Waals surface area contributed by atoms with Crippen LogP contribution < -0.4 is 5.73 Å². The average Bonchev–Trinajstić information content (AvgIpc) is 1.96. The minimum absolute atomic E-state index is 0.208. The molecule has 7 heteroatoms. The van der Waals surface area contributed by atoms with E-state index >= 15 is 0 Å². The van der Waals surface area contributed by atoms with E-state index in [9.17, 15) is 13.5 Å². The van der Waals surface area contributed by atoms with Crippen LogP contribution in [0.25, 0.3) is 0 Å². The number of aliphatic hydroxyl groups is 1. The molecule has 0 aliphatic carbocycles. The number of hydrogen-bond donors (Lipinski definition) is 3. The normalized spacial score (nSPS) is 14.6. The lowest BCUT2D eigenvalue weighted by atomic mass is 10.3. The molecule has 1 unspecified atom stereocenters. The summed E-state index contributed by atoms with van der Waals surface area (Å²) in [7, 11) is -2.34. The summed E-state index contributed by atoms with van der Waals surface area (Å²) in [5.74, 6) is -0.625. The van der Waals surface area contributed by atoms with Crippen LogP contribution in [-0.2, 0) is 10.1 Å². The van der Waals surface area contributed by atoms with Crippen molar-refractivity contribution in [2.24, 2.45) is 5.73 Å². The Balaban J connectivity index is 3.76. The van der Waals surface area contributed by atoms with Gasteiger partial charge in [-0.25, -0.2) is 0 Å². The first-order chi connectivity index (χ1) is 6.35. The first kappa shape index (κ1) is 13.8. The highest BCUT2D eigenvalue weighted by Crippen LogP contribution is 1.94. The summed E-state index contributed by atoms with van der Waals surface area (Å²) in [5.41, 5.74) is 5.28. The van der Waals surface area contributed by atoms with Crippen molar-refractivity contribution >= 4 is 10.1 Å². The lowest BCUT2D eigenvalue weighted by Crippen LogP contribution is -2.34. The molecule has 0 fully saturated rings. The van der Waals surface area contributed by atoms with Gasteiger partial charge < -0.3 is 15.7 Å². The number of hydrogen-bond acceptors (Lipinski definition) is 5. The lowest BCUT2D eigenvalue weighted by molar-refractivity contribution is 0.142. The van der Waals surface area contributed by atoms with Crippen LogP contribution in [-0.4, -0.2) is 61.5 Å². The van der Waals surface area contributed by atoms with E-state index in [1.165, 1.54) is 0 Å². The summed E-state index contributed by atoms with van der Waals surface area (Å²) >= 11 is 0. The molecule has 0 saturated heterocycles. The molecule has 4 N–H and O–H groups in total. The van der Waals surface area contributed by atoms with E-state index in [4.69, 9.17) is 10.3 Å². The van der Waals surface area contributed by atoms with E-state index in [1.807, 2.05) is 0 Å². The maximum Gasteiger partial charge on any atom is 0.267 e. The zero-order valence-electron chi connectivity index (χ0n) is 8.26. The SMILES string of the molecule is CN(CCCN)CC(O)CS(=O)(=O)O. The summed E-state index contributed by atoms with van der Waals surface area (Å²) in [6.45, 7) is 1.46. The smallest absolute Gasteiger partial charge is 0.267 e. The van der Waals surface area contributed by atoms with Gasteiger partial charge in [0.05, 0.1) is 6.10 Å². The van der Waals surface area contributed by atoms with Crippen molar-refractivity contribution in [3.63, 3.8) is 0 Å². The molecule has 0 rings (SSSR count). The molecule has 0 aliphatic heterocycles. The third-order valence-corrected chi connectivity index (χ3v) is 2.48. The summed E-state index contributed by atoms with van der Waals surface area (Å²) in [4.78, 5) is 1.77. The summed E-state index contributed by atoms with van der Waals surface area (Å²) in [6.07, 6.45) is -0.275. The molecule has 0 saturated carbocycles. The molecule has 0 aromatic heterocycles. The van der Waals surface area contributed by atoms with Gasteiger partial charge in [0.1, 0.15) is 5.75 Å². The van der Waals surface area contributed by atoms with E-state index in [0.717, 1.165) is 6.42 Å². The van der Waals surface area contributed by atoms with Gasteiger partial charge in [-0.05, 0) is 26.6 Å². The minimum atomic E-state index is -4.09. The highest BCUT2D eigenvalue weighted by Gasteiger charge is 2.15. The second-order valence-corrected chi connectivity index (χ2v) is 4.80. The number of aliphatic hydroxyl groups excluding tert-OH is 1. The van der Waals surface area contributed by atoms with E-state index in [-0.39, 0.29) is 6.54 Å². The summed E-state index contributed by atoms with van der Waals surface area (Å²) in [6, 6.07) is 0. The Labute approximate surface area is 84.5 Å². The number of nitrogens with zero attached hydrogens (tertiary/aromatic N) is 1. The van der Waals surface area contributed by atoms with Gasteiger partial charge in [0.25, 0.3) is 10.1 Å². The highest BCUT2D eigenvalue weighted by atomic mass is 32.2. The molecule has 0 aromatic carbocycles.